The van der Waals surface area contributed by atoms with Gasteiger partial charge in [-0.1, -0.05) is 11.2 Å². The topological polar surface area (TPSA) is 82.8 Å². The van der Waals surface area contributed by atoms with E-state index in [9.17, 15) is 18.0 Å². The van der Waals surface area contributed by atoms with Crippen molar-refractivity contribution < 1.29 is 36.7 Å². The molecule has 2 aromatic carbocycles. The van der Waals surface area contributed by atoms with Gasteiger partial charge < -0.3 is 24.1 Å². The van der Waals surface area contributed by atoms with Gasteiger partial charge in [0.2, 0.25) is 12.7 Å². The van der Waals surface area contributed by atoms with Crippen molar-refractivity contribution in [2.75, 3.05) is 18.7 Å². The third-order valence-electron chi connectivity index (χ3n) is 4.17. The Morgan fingerprint density at radius 1 is 1.10 bits per heavy atom. The number of anilines is 1. The summed E-state index contributed by atoms with van der Waals surface area (Å²) in [5, 5.41) is 6.24. The van der Waals surface area contributed by atoms with Crippen molar-refractivity contribution in [1.29, 1.82) is 0 Å². The van der Waals surface area contributed by atoms with Crippen molar-refractivity contribution in [2.24, 2.45) is 0 Å². The summed E-state index contributed by atoms with van der Waals surface area (Å²) in [6.07, 6.45) is -4.49. The zero-order valence-corrected chi connectivity index (χ0v) is 15.4. The monoisotopic (exact) mass is 420 g/mol. The summed E-state index contributed by atoms with van der Waals surface area (Å²) in [7, 11) is 0. The second-order valence-corrected chi connectivity index (χ2v) is 6.37. The van der Waals surface area contributed by atoms with E-state index >= 15 is 0 Å². The molecule has 1 aromatic heterocycles. The first-order valence-electron chi connectivity index (χ1n) is 8.79. The maximum absolute atomic E-state index is 12.7. The SMILES string of the molecule is O=C(COCc1cc(-c2ccc3c(c2)OCO3)on1)Nc1cccc(C(F)(F)F)c1. The molecule has 0 aliphatic carbocycles. The maximum Gasteiger partial charge on any atom is 0.416 e. The standard InChI is InChI=1S/C20H15F3N2O5/c21-20(22,23)13-2-1-3-14(7-13)24-19(26)10-27-9-15-8-17(30-25-15)12-4-5-16-18(6-12)29-11-28-16/h1-8H,9-11H2,(H,24,26). The maximum atomic E-state index is 12.7. The first kappa shape index (κ1) is 19.8. The third-order valence-corrected chi connectivity index (χ3v) is 4.17. The molecule has 156 valence electrons. The molecular formula is C20H15F3N2O5. The highest BCUT2D eigenvalue weighted by Gasteiger charge is 2.30. The third kappa shape index (κ3) is 4.54. The number of carbonyl (C=O) groups excluding carboxylic acids is 1. The number of hydrogen-bond donors (Lipinski definition) is 1. The van der Waals surface area contributed by atoms with E-state index in [1.165, 1.54) is 12.1 Å². The summed E-state index contributed by atoms with van der Waals surface area (Å²) in [4.78, 5) is 11.9. The zero-order chi connectivity index (χ0) is 21.1. The highest BCUT2D eigenvalue weighted by molar-refractivity contribution is 5.91. The molecule has 0 atom stereocenters. The minimum absolute atomic E-state index is 0.00986. The van der Waals surface area contributed by atoms with Crippen LogP contribution in [0, 0.1) is 0 Å². The van der Waals surface area contributed by atoms with Crippen molar-refractivity contribution in [1.82, 2.24) is 5.16 Å². The number of fused-ring (bicyclic) bond motifs is 1. The molecule has 7 nitrogen and oxygen atoms in total. The Morgan fingerprint density at radius 3 is 2.77 bits per heavy atom. The van der Waals surface area contributed by atoms with Crippen LogP contribution in [0.1, 0.15) is 11.3 Å². The van der Waals surface area contributed by atoms with Crippen LogP contribution in [0.2, 0.25) is 0 Å². The predicted molar refractivity (Wildman–Crippen MR) is 97.8 cm³/mol. The van der Waals surface area contributed by atoms with Gasteiger partial charge in [0, 0.05) is 17.3 Å². The number of halogens is 3. The average molecular weight is 420 g/mol. The van der Waals surface area contributed by atoms with E-state index in [1.807, 2.05) is 0 Å². The average Bonchev–Trinajstić information content (AvgIpc) is 3.36. The first-order chi connectivity index (χ1) is 14.4. The van der Waals surface area contributed by atoms with Gasteiger partial charge in [0.15, 0.2) is 17.3 Å². The van der Waals surface area contributed by atoms with Gasteiger partial charge in [-0.3, -0.25) is 4.79 Å². The molecule has 10 heteroatoms. The molecule has 2 heterocycles. The molecule has 0 unspecified atom stereocenters. The summed E-state index contributed by atoms with van der Waals surface area (Å²) >= 11 is 0. The molecule has 3 aromatic rings. The Labute approximate surface area is 168 Å². The van der Waals surface area contributed by atoms with Crippen LogP contribution in [-0.2, 0) is 22.3 Å². The number of alkyl halides is 3. The lowest BCUT2D eigenvalue weighted by atomic mass is 10.1. The number of nitrogens with zero attached hydrogens (tertiary/aromatic N) is 1. The largest absolute Gasteiger partial charge is 0.454 e. The van der Waals surface area contributed by atoms with E-state index in [-0.39, 0.29) is 25.7 Å². The van der Waals surface area contributed by atoms with Gasteiger partial charge in [-0.15, -0.1) is 0 Å². The highest BCUT2D eigenvalue weighted by atomic mass is 19.4. The number of carbonyl (C=O) groups is 1. The normalized spacial score (nSPS) is 12.8. The fraction of sp³-hybridized carbons (Fsp3) is 0.200. The van der Waals surface area contributed by atoms with E-state index in [1.54, 1.807) is 24.3 Å². The number of rotatable bonds is 6. The number of benzene rings is 2. The summed E-state index contributed by atoms with van der Waals surface area (Å²) in [5.74, 6) is 1.15. The number of amides is 1. The van der Waals surface area contributed by atoms with E-state index in [4.69, 9.17) is 18.7 Å². The molecule has 30 heavy (non-hydrogen) atoms. The molecule has 1 amide bonds. The lowest BCUT2D eigenvalue weighted by Gasteiger charge is -2.09. The minimum Gasteiger partial charge on any atom is -0.454 e. The number of ether oxygens (including phenoxy) is 3. The number of aromatic nitrogens is 1. The van der Waals surface area contributed by atoms with Crippen LogP contribution in [0.25, 0.3) is 11.3 Å². The van der Waals surface area contributed by atoms with Crippen LogP contribution >= 0.6 is 0 Å². The summed E-state index contributed by atoms with van der Waals surface area (Å²) in [6.45, 7) is -0.205. The van der Waals surface area contributed by atoms with Crippen molar-refractivity contribution >= 4 is 11.6 Å². The van der Waals surface area contributed by atoms with Gasteiger partial charge in [0.05, 0.1) is 12.2 Å². The zero-order valence-electron chi connectivity index (χ0n) is 15.4. The molecule has 0 saturated carbocycles. The van der Waals surface area contributed by atoms with E-state index in [0.717, 1.165) is 17.7 Å². The van der Waals surface area contributed by atoms with Gasteiger partial charge >= 0.3 is 6.18 Å². The van der Waals surface area contributed by atoms with Crippen molar-refractivity contribution in [3.63, 3.8) is 0 Å². The van der Waals surface area contributed by atoms with Crippen molar-refractivity contribution in [2.45, 2.75) is 12.8 Å². The van der Waals surface area contributed by atoms with Gasteiger partial charge in [-0.05, 0) is 36.4 Å². The van der Waals surface area contributed by atoms with Crippen LogP contribution in [0.15, 0.2) is 53.1 Å². The molecular weight excluding hydrogens is 405 g/mol. The quantitative estimate of drug-likeness (QED) is 0.642. The minimum atomic E-state index is -4.49. The lowest BCUT2D eigenvalue weighted by molar-refractivity contribution is -0.137. The van der Waals surface area contributed by atoms with Crippen molar-refractivity contribution in [3.05, 3.63) is 59.8 Å². The summed E-state index contributed by atoms with van der Waals surface area (Å²) < 4.78 is 59.3. The van der Waals surface area contributed by atoms with E-state index in [0.29, 0.717) is 23.0 Å². The van der Waals surface area contributed by atoms with Crippen molar-refractivity contribution in [3.8, 4) is 22.8 Å². The van der Waals surface area contributed by atoms with Gasteiger partial charge in [-0.2, -0.15) is 13.2 Å². The Hall–Kier alpha value is -3.53. The smallest absolute Gasteiger partial charge is 0.416 e. The Bertz CT molecular complexity index is 1060. The fourth-order valence-electron chi connectivity index (χ4n) is 2.78. The van der Waals surface area contributed by atoms with Gasteiger partial charge in [0.1, 0.15) is 12.3 Å². The molecule has 4 rings (SSSR count). The molecule has 0 saturated heterocycles. The Kier molecular flexibility index (Phi) is 5.32. The van der Waals surface area contributed by atoms with Crippen LogP contribution in [0.5, 0.6) is 11.5 Å². The highest BCUT2D eigenvalue weighted by Crippen LogP contribution is 2.36. The van der Waals surface area contributed by atoms with Crippen LogP contribution in [0.3, 0.4) is 0 Å². The van der Waals surface area contributed by atoms with Crippen LogP contribution in [0.4, 0.5) is 18.9 Å². The number of nitrogens with one attached hydrogen (secondary N) is 1. The molecule has 0 fully saturated rings. The molecule has 1 N–H and O–H groups in total. The summed E-state index contributed by atoms with van der Waals surface area (Å²) in [5.41, 5.74) is 0.375. The van der Waals surface area contributed by atoms with E-state index < -0.39 is 17.6 Å². The van der Waals surface area contributed by atoms with Gasteiger partial charge in [0.25, 0.3) is 0 Å². The number of hydrogen-bond acceptors (Lipinski definition) is 6. The Morgan fingerprint density at radius 2 is 1.93 bits per heavy atom. The molecule has 0 bridgehead atoms. The van der Waals surface area contributed by atoms with Crippen LogP contribution in [-0.4, -0.2) is 24.5 Å². The lowest BCUT2D eigenvalue weighted by Crippen LogP contribution is -2.18. The first-order valence-corrected chi connectivity index (χ1v) is 8.79. The molecule has 0 spiro atoms. The predicted octanol–water partition coefficient (Wildman–Crippen LogP) is 4.24. The van der Waals surface area contributed by atoms with E-state index in [2.05, 4.69) is 10.5 Å². The van der Waals surface area contributed by atoms with Gasteiger partial charge in [-0.25, -0.2) is 0 Å². The summed E-state index contributed by atoms with van der Waals surface area (Å²) in [6, 6.07) is 11.3. The molecule has 0 radical (unpaired) electrons. The molecule has 1 aliphatic heterocycles. The molecule has 1 aliphatic rings. The Balaban J connectivity index is 1.29. The second kappa shape index (κ2) is 8.07. The second-order valence-electron chi connectivity index (χ2n) is 6.37. The fourth-order valence-corrected chi connectivity index (χ4v) is 2.78. The van der Waals surface area contributed by atoms with Crippen LogP contribution < -0.4 is 14.8 Å².